The summed E-state index contributed by atoms with van der Waals surface area (Å²) in [5.41, 5.74) is -0.700. The predicted molar refractivity (Wildman–Crippen MR) is 91.4 cm³/mol. The van der Waals surface area contributed by atoms with E-state index in [1.807, 2.05) is 17.0 Å². The number of pyridine rings is 1. The molecule has 0 saturated carbocycles. The van der Waals surface area contributed by atoms with Gasteiger partial charge in [-0.3, -0.25) is 0 Å². The summed E-state index contributed by atoms with van der Waals surface area (Å²) in [4.78, 5) is 5.86. The van der Waals surface area contributed by atoms with Gasteiger partial charge in [-0.25, -0.2) is 13.4 Å². The van der Waals surface area contributed by atoms with E-state index in [-0.39, 0.29) is 23.5 Å². The second-order valence-corrected chi connectivity index (χ2v) is 8.05. The number of aromatic nitrogens is 1. The van der Waals surface area contributed by atoms with Gasteiger partial charge >= 0.3 is 6.18 Å². The van der Waals surface area contributed by atoms with Crippen molar-refractivity contribution in [1.29, 1.82) is 0 Å². The van der Waals surface area contributed by atoms with Crippen LogP contribution in [0.2, 0.25) is 0 Å². The Bertz CT molecular complexity index is 878. The molecule has 2 aromatic rings. The number of piperazine rings is 1. The molecule has 1 saturated heterocycles. The molecule has 5 nitrogen and oxygen atoms in total. The molecule has 0 atom stereocenters. The van der Waals surface area contributed by atoms with E-state index < -0.39 is 21.8 Å². The standard InChI is InChI=1S/C17H18F3N3O2S/c1-13-10-14(17(18,19)20)12-15(11-13)26(24,25)23-8-6-22(7-9-23)16-4-2-3-5-21-16/h2-5,10-12H,6-9H2,1H3. The second-order valence-electron chi connectivity index (χ2n) is 6.11. The number of sulfonamides is 1. The zero-order valence-corrected chi connectivity index (χ0v) is 14.9. The van der Waals surface area contributed by atoms with E-state index in [2.05, 4.69) is 4.98 Å². The van der Waals surface area contributed by atoms with Crippen molar-refractivity contribution in [3.63, 3.8) is 0 Å². The normalized spacial score (nSPS) is 16.7. The minimum atomic E-state index is -4.59. The maximum Gasteiger partial charge on any atom is 0.416 e. The molecule has 0 aliphatic carbocycles. The van der Waals surface area contributed by atoms with E-state index in [0.717, 1.165) is 11.9 Å². The van der Waals surface area contributed by atoms with Crippen molar-refractivity contribution < 1.29 is 21.6 Å². The Hall–Kier alpha value is -2.13. The van der Waals surface area contributed by atoms with Gasteiger partial charge in [-0.2, -0.15) is 17.5 Å². The quantitative estimate of drug-likeness (QED) is 0.815. The zero-order chi connectivity index (χ0) is 18.9. The first kappa shape index (κ1) is 18.7. The van der Waals surface area contributed by atoms with Gasteiger partial charge < -0.3 is 4.90 Å². The van der Waals surface area contributed by atoms with E-state index in [9.17, 15) is 21.6 Å². The Balaban J connectivity index is 1.81. The summed E-state index contributed by atoms with van der Waals surface area (Å²) in [5.74, 6) is 0.750. The zero-order valence-electron chi connectivity index (χ0n) is 14.1. The molecule has 0 unspecified atom stereocenters. The molecule has 0 bridgehead atoms. The Kier molecular flexibility index (Phi) is 4.94. The number of halogens is 3. The highest BCUT2D eigenvalue weighted by Crippen LogP contribution is 2.32. The summed E-state index contributed by atoms with van der Waals surface area (Å²) in [6.07, 6.45) is -2.93. The lowest BCUT2D eigenvalue weighted by atomic mass is 10.1. The van der Waals surface area contributed by atoms with Gasteiger partial charge in [-0.05, 0) is 42.8 Å². The number of anilines is 1. The van der Waals surface area contributed by atoms with E-state index in [4.69, 9.17) is 0 Å². The Morgan fingerprint density at radius 1 is 1.04 bits per heavy atom. The molecule has 0 amide bonds. The molecule has 26 heavy (non-hydrogen) atoms. The Labute approximate surface area is 150 Å². The van der Waals surface area contributed by atoms with Crippen LogP contribution in [-0.4, -0.2) is 43.9 Å². The van der Waals surface area contributed by atoms with Gasteiger partial charge in [0.15, 0.2) is 0 Å². The number of aryl methyl sites for hydroxylation is 1. The molecule has 140 valence electrons. The highest BCUT2D eigenvalue weighted by atomic mass is 32.2. The van der Waals surface area contributed by atoms with Crippen LogP contribution < -0.4 is 4.90 Å². The largest absolute Gasteiger partial charge is 0.416 e. The molecule has 1 fully saturated rings. The fourth-order valence-corrected chi connectivity index (χ4v) is 4.46. The highest BCUT2D eigenvalue weighted by Gasteiger charge is 2.34. The summed E-state index contributed by atoms with van der Waals surface area (Å²) in [6.45, 7) is 2.68. The average molecular weight is 385 g/mol. The van der Waals surface area contributed by atoms with E-state index in [1.165, 1.54) is 17.3 Å². The van der Waals surface area contributed by atoms with Crippen LogP contribution in [0.5, 0.6) is 0 Å². The van der Waals surface area contributed by atoms with Crippen molar-refractivity contribution in [3.05, 3.63) is 53.7 Å². The van der Waals surface area contributed by atoms with Crippen LogP contribution >= 0.6 is 0 Å². The molecular weight excluding hydrogens is 367 g/mol. The maximum absolute atomic E-state index is 13.0. The summed E-state index contributed by atoms with van der Waals surface area (Å²) in [7, 11) is -3.99. The van der Waals surface area contributed by atoms with Crippen molar-refractivity contribution in [2.75, 3.05) is 31.1 Å². The summed E-state index contributed by atoms with van der Waals surface area (Å²) < 4.78 is 65.8. The van der Waals surface area contributed by atoms with Crippen molar-refractivity contribution in [2.45, 2.75) is 18.0 Å². The van der Waals surface area contributed by atoms with Gasteiger partial charge in [0.2, 0.25) is 10.0 Å². The van der Waals surface area contributed by atoms with Crippen molar-refractivity contribution in [3.8, 4) is 0 Å². The van der Waals surface area contributed by atoms with Crippen LogP contribution in [0.3, 0.4) is 0 Å². The van der Waals surface area contributed by atoms with Gasteiger partial charge in [0.25, 0.3) is 0 Å². The second kappa shape index (κ2) is 6.88. The minimum Gasteiger partial charge on any atom is -0.354 e. The van der Waals surface area contributed by atoms with E-state index in [0.29, 0.717) is 19.2 Å². The van der Waals surface area contributed by atoms with E-state index in [1.54, 1.807) is 12.3 Å². The number of nitrogens with zero attached hydrogens (tertiary/aromatic N) is 3. The fraction of sp³-hybridized carbons (Fsp3) is 0.353. The minimum absolute atomic E-state index is 0.189. The molecule has 2 heterocycles. The lowest BCUT2D eigenvalue weighted by molar-refractivity contribution is -0.137. The first-order valence-corrected chi connectivity index (χ1v) is 9.47. The molecule has 9 heteroatoms. The van der Waals surface area contributed by atoms with Crippen molar-refractivity contribution in [2.24, 2.45) is 0 Å². The molecule has 1 aliphatic heterocycles. The SMILES string of the molecule is Cc1cc(C(F)(F)F)cc(S(=O)(=O)N2CCN(c3ccccn3)CC2)c1. The molecule has 0 radical (unpaired) electrons. The average Bonchev–Trinajstić information content (AvgIpc) is 2.61. The van der Waals surface area contributed by atoms with Gasteiger partial charge in [-0.1, -0.05) is 6.07 Å². The molecule has 0 N–H and O–H groups in total. The Morgan fingerprint density at radius 2 is 1.73 bits per heavy atom. The maximum atomic E-state index is 13.0. The van der Waals surface area contributed by atoms with Crippen LogP contribution in [-0.2, 0) is 16.2 Å². The van der Waals surface area contributed by atoms with Gasteiger partial charge in [0, 0.05) is 32.4 Å². The van der Waals surface area contributed by atoms with Crippen LogP contribution in [0.4, 0.5) is 19.0 Å². The molecular formula is C17H18F3N3O2S. The molecule has 0 spiro atoms. The summed E-state index contributed by atoms with van der Waals surface area (Å²) >= 11 is 0. The molecule has 3 rings (SSSR count). The van der Waals surface area contributed by atoms with Gasteiger partial charge in [0.1, 0.15) is 5.82 Å². The third kappa shape index (κ3) is 3.83. The van der Waals surface area contributed by atoms with Crippen LogP contribution in [0, 0.1) is 6.92 Å². The van der Waals surface area contributed by atoms with Gasteiger partial charge in [-0.15, -0.1) is 0 Å². The van der Waals surface area contributed by atoms with Crippen molar-refractivity contribution in [1.82, 2.24) is 9.29 Å². The monoisotopic (exact) mass is 385 g/mol. The lowest BCUT2D eigenvalue weighted by Crippen LogP contribution is -2.48. The number of hydrogen-bond acceptors (Lipinski definition) is 4. The topological polar surface area (TPSA) is 53.5 Å². The number of hydrogen-bond donors (Lipinski definition) is 0. The number of rotatable bonds is 3. The summed E-state index contributed by atoms with van der Waals surface area (Å²) in [5, 5.41) is 0. The first-order valence-electron chi connectivity index (χ1n) is 8.03. The number of benzene rings is 1. The van der Waals surface area contributed by atoms with Crippen LogP contribution in [0.25, 0.3) is 0 Å². The smallest absolute Gasteiger partial charge is 0.354 e. The molecule has 1 aliphatic rings. The highest BCUT2D eigenvalue weighted by molar-refractivity contribution is 7.89. The predicted octanol–water partition coefficient (Wildman–Crippen LogP) is 2.92. The van der Waals surface area contributed by atoms with Crippen LogP contribution in [0.1, 0.15) is 11.1 Å². The number of alkyl halides is 3. The van der Waals surface area contributed by atoms with Crippen molar-refractivity contribution >= 4 is 15.8 Å². The molecule has 1 aromatic heterocycles. The van der Waals surface area contributed by atoms with E-state index >= 15 is 0 Å². The third-order valence-corrected chi connectivity index (χ3v) is 6.10. The van der Waals surface area contributed by atoms with Gasteiger partial charge in [0.05, 0.1) is 10.5 Å². The van der Waals surface area contributed by atoms with Crippen LogP contribution in [0.15, 0.2) is 47.5 Å². The fourth-order valence-electron chi connectivity index (χ4n) is 2.91. The lowest BCUT2D eigenvalue weighted by Gasteiger charge is -2.34. The first-order chi connectivity index (χ1) is 12.2. The summed E-state index contributed by atoms with van der Waals surface area (Å²) in [6, 6.07) is 8.39. The Morgan fingerprint density at radius 3 is 2.31 bits per heavy atom. The molecule has 1 aromatic carbocycles. The third-order valence-electron chi connectivity index (χ3n) is 4.23.